The van der Waals surface area contributed by atoms with Gasteiger partial charge in [-0.05, 0) is 43.5 Å². The van der Waals surface area contributed by atoms with Crippen LogP contribution in [0.25, 0.3) is 0 Å². The van der Waals surface area contributed by atoms with Gasteiger partial charge in [0.1, 0.15) is 5.75 Å². The highest BCUT2D eigenvalue weighted by Gasteiger charge is 2.19. The van der Waals surface area contributed by atoms with Crippen molar-refractivity contribution < 1.29 is 14.6 Å². The minimum Gasteiger partial charge on any atom is -0.495 e. The largest absolute Gasteiger partial charge is 0.495 e. The number of anilines is 1. The van der Waals surface area contributed by atoms with Crippen molar-refractivity contribution in [1.82, 2.24) is 5.32 Å². The Morgan fingerprint density at radius 1 is 1.27 bits per heavy atom. The van der Waals surface area contributed by atoms with Crippen LogP contribution in [0.1, 0.15) is 24.8 Å². The average molecular weight is 308 g/mol. The molecular weight excluding hydrogens is 280 g/mol. The number of hydrogen-bond donors (Lipinski definition) is 2. The summed E-state index contributed by atoms with van der Waals surface area (Å²) in [6.45, 7) is 4.33. The number of aliphatic hydroxyl groups is 1. The lowest BCUT2D eigenvalue weighted by molar-refractivity contribution is 0.145. The van der Waals surface area contributed by atoms with Gasteiger partial charge in [0.15, 0.2) is 0 Å². The first-order chi connectivity index (χ1) is 10.7. The number of nitrogens with zero attached hydrogens (tertiary/aromatic N) is 1. The summed E-state index contributed by atoms with van der Waals surface area (Å²) < 4.78 is 10.6. The Labute approximate surface area is 133 Å². The number of benzene rings is 1. The van der Waals surface area contributed by atoms with Gasteiger partial charge in [-0.1, -0.05) is 6.07 Å². The number of piperidine rings is 1. The predicted octanol–water partition coefficient (Wildman–Crippen LogP) is 1.78. The van der Waals surface area contributed by atoms with Gasteiger partial charge in [0.2, 0.25) is 0 Å². The molecule has 2 N–H and O–H groups in total. The van der Waals surface area contributed by atoms with Gasteiger partial charge in [-0.2, -0.15) is 0 Å². The van der Waals surface area contributed by atoms with Crippen molar-refractivity contribution in [2.45, 2.75) is 31.9 Å². The summed E-state index contributed by atoms with van der Waals surface area (Å²) in [4.78, 5) is 2.29. The highest BCUT2D eigenvalue weighted by Crippen LogP contribution is 2.31. The van der Waals surface area contributed by atoms with E-state index in [4.69, 9.17) is 9.47 Å². The molecule has 5 heteroatoms. The van der Waals surface area contributed by atoms with Crippen molar-refractivity contribution >= 4 is 5.69 Å². The van der Waals surface area contributed by atoms with Crippen LogP contribution in [0.3, 0.4) is 0 Å². The van der Waals surface area contributed by atoms with Crippen molar-refractivity contribution in [3.05, 3.63) is 23.8 Å². The van der Waals surface area contributed by atoms with Crippen molar-refractivity contribution in [1.29, 1.82) is 0 Å². The van der Waals surface area contributed by atoms with E-state index in [1.54, 1.807) is 14.2 Å². The molecule has 0 bridgehead atoms. The summed E-state index contributed by atoms with van der Waals surface area (Å²) in [6.07, 6.45) is 2.51. The molecule has 1 heterocycles. The summed E-state index contributed by atoms with van der Waals surface area (Å²) in [5, 5.41) is 13.0. The van der Waals surface area contributed by atoms with Crippen molar-refractivity contribution in [3.8, 4) is 5.75 Å². The summed E-state index contributed by atoms with van der Waals surface area (Å²) in [6, 6.07) is 6.37. The molecule has 2 rings (SSSR count). The average Bonchev–Trinajstić information content (AvgIpc) is 2.55. The van der Waals surface area contributed by atoms with Crippen LogP contribution in [0.2, 0.25) is 0 Å². The number of rotatable bonds is 8. The second kappa shape index (κ2) is 8.98. The SMILES string of the molecule is COCCCNCc1ccc(N2CCC(O)CC2)c(OC)c1. The third-order valence-corrected chi connectivity index (χ3v) is 4.08. The third kappa shape index (κ3) is 4.87. The van der Waals surface area contributed by atoms with Crippen LogP contribution >= 0.6 is 0 Å². The lowest BCUT2D eigenvalue weighted by Gasteiger charge is -2.32. The zero-order valence-corrected chi connectivity index (χ0v) is 13.7. The smallest absolute Gasteiger partial charge is 0.142 e. The standard InChI is InChI=1S/C17H28N2O3/c1-21-11-3-8-18-13-14-4-5-16(17(12-14)22-2)19-9-6-15(20)7-10-19/h4-5,12,15,18,20H,3,6-11,13H2,1-2H3. The molecule has 0 amide bonds. The van der Waals surface area contributed by atoms with Gasteiger partial charge in [0.25, 0.3) is 0 Å². The number of methoxy groups -OCH3 is 2. The van der Waals surface area contributed by atoms with E-state index in [1.807, 2.05) is 0 Å². The minimum atomic E-state index is -0.155. The summed E-state index contributed by atoms with van der Waals surface area (Å²) in [5.74, 6) is 0.910. The van der Waals surface area contributed by atoms with E-state index in [9.17, 15) is 5.11 Å². The summed E-state index contributed by atoms with van der Waals surface area (Å²) in [5.41, 5.74) is 2.34. The molecule has 1 fully saturated rings. The Kier molecular flexibility index (Phi) is 6.96. The van der Waals surface area contributed by atoms with Crippen LogP contribution < -0.4 is 15.0 Å². The highest BCUT2D eigenvalue weighted by atomic mass is 16.5. The van der Waals surface area contributed by atoms with E-state index in [-0.39, 0.29) is 6.10 Å². The molecule has 5 nitrogen and oxygen atoms in total. The van der Waals surface area contributed by atoms with Crippen LogP contribution in [0.15, 0.2) is 18.2 Å². The van der Waals surface area contributed by atoms with Gasteiger partial charge in [-0.15, -0.1) is 0 Å². The highest BCUT2D eigenvalue weighted by molar-refractivity contribution is 5.60. The Morgan fingerprint density at radius 2 is 2.05 bits per heavy atom. The Morgan fingerprint density at radius 3 is 2.73 bits per heavy atom. The maximum absolute atomic E-state index is 9.63. The van der Waals surface area contributed by atoms with Gasteiger partial charge < -0.3 is 24.8 Å². The van der Waals surface area contributed by atoms with Gasteiger partial charge in [-0.25, -0.2) is 0 Å². The van der Waals surface area contributed by atoms with Gasteiger partial charge in [0, 0.05) is 33.4 Å². The van der Waals surface area contributed by atoms with Gasteiger partial charge >= 0.3 is 0 Å². The van der Waals surface area contributed by atoms with Gasteiger partial charge in [-0.3, -0.25) is 0 Å². The quantitative estimate of drug-likeness (QED) is 0.717. The van der Waals surface area contributed by atoms with Crippen molar-refractivity contribution in [2.24, 2.45) is 0 Å². The molecule has 0 aromatic heterocycles. The first-order valence-electron chi connectivity index (χ1n) is 8.04. The van der Waals surface area contributed by atoms with E-state index in [2.05, 4.69) is 28.4 Å². The normalized spacial score (nSPS) is 16.0. The molecular formula is C17H28N2O3. The minimum absolute atomic E-state index is 0.155. The molecule has 0 spiro atoms. The van der Waals surface area contributed by atoms with Crippen molar-refractivity contribution in [3.63, 3.8) is 0 Å². The zero-order chi connectivity index (χ0) is 15.8. The fourth-order valence-electron chi connectivity index (χ4n) is 2.77. The van der Waals surface area contributed by atoms with E-state index >= 15 is 0 Å². The van der Waals surface area contributed by atoms with Crippen LogP contribution in [-0.4, -0.2) is 51.7 Å². The Balaban J connectivity index is 1.92. The molecule has 0 saturated carbocycles. The fraction of sp³-hybridized carbons (Fsp3) is 0.647. The Bertz CT molecular complexity index is 446. The number of hydrogen-bond acceptors (Lipinski definition) is 5. The molecule has 1 saturated heterocycles. The number of nitrogens with one attached hydrogen (secondary N) is 1. The second-order valence-electron chi connectivity index (χ2n) is 5.75. The maximum Gasteiger partial charge on any atom is 0.142 e. The van der Waals surface area contributed by atoms with E-state index in [0.29, 0.717) is 0 Å². The van der Waals surface area contributed by atoms with E-state index < -0.39 is 0 Å². The van der Waals surface area contributed by atoms with E-state index in [1.165, 1.54) is 5.56 Å². The van der Waals surface area contributed by atoms with Crippen molar-refractivity contribution in [2.75, 3.05) is 45.4 Å². The van der Waals surface area contributed by atoms with Crippen LogP contribution in [0.4, 0.5) is 5.69 Å². The summed E-state index contributed by atoms with van der Waals surface area (Å²) >= 11 is 0. The molecule has 1 aromatic carbocycles. The monoisotopic (exact) mass is 308 g/mol. The fourth-order valence-corrected chi connectivity index (χ4v) is 2.77. The van der Waals surface area contributed by atoms with Gasteiger partial charge in [0.05, 0.1) is 18.9 Å². The molecule has 0 radical (unpaired) electrons. The summed E-state index contributed by atoms with van der Waals surface area (Å²) in [7, 11) is 3.44. The molecule has 0 unspecified atom stereocenters. The van der Waals surface area contributed by atoms with E-state index in [0.717, 1.165) is 63.5 Å². The van der Waals surface area contributed by atoms with Crippen LogP contribution in [-0.2, 0) is 11.3 Å². The lowest BCUT2D eigenvalue weighted by Crippen LogP contribution is -2.36. The Hall–Kier alpha value is -1.30. The third-order valence-electron chi connectivity index (χ3n) is 4.08. The molecule has 124 valence electrons. The number of ether oxygens (including phenoxy) is 2. The number of aliphatic hydroxyl groups excluding tert-OH is 1. The molecule has 1 aliphatic rings. The first kappa shape index (κ1) is 17.1. The lowest BCUT2D eigenvalue weighted by atomic mass is 10.1. The second-order valence-corrected chi connectivity index (χ2v) is 5.75. The predicted molar refractivity (Wildman–Crippen MR) is 88.6 cm³/mol. The molecule has 0 aliphatic carbocycles. The zero-order valence-electron chi connectivity index (χ0n) is 13.7. The molecule has 1 aromatic rings. The molecule has 22 heavy (non-hydrogen) atoms. The first-order valence-corrected chi connectivity index (χ1v) is 8.04. The van der Waals surface area contributed by atoms with Crippen LogP contribution in [0, 0.1) is 0 Å². The van der Waals surface area contributed by atoms with Crippen LogP contribution in [0.5, 0.6) is 5.75 Å². The molecule has 1 aliphatic heterocycles. The maximum atomic E-state index is 9.63. The molecule has 0 atom stereocenters. The topological polar surface area (TPSA) is 54.0 Å².